The average molecular weight is 342 g/mol. The van der Waals surface area contributed by atoms with E-state index in [1.807, 2.05) is 30.5 Å². The van der Waals surface area contributed by atoms with Gasteiger partial charge in [-0.1, -0.05) is 22.8 Å². The summed E-state index contributed by atoms with van der Waals surface area (Å²) in [5.74, 6) is 1.70. The summed E-state index contributed by atoms with van der Waals surface area (Å²) in [6.07, 6.45) is 3.92. The number of rotatable bonds is 4. The van der Waals surface area contributed by atoms with Gasteiger partial charge in [0.05, 0.1) is 13.5 Å². The van der Waals surface area contributed by atoms with Crippen LogP contribution in [-0.2, 0) is 6.42 Å². The fourth-order valence-electron chi connectivity index (χ4n) is 2.36. The van der Waals surface area contributed by atoms with Crippen molar-refractivity contribution in [3.63, 3.8) is 0 Å². The van der Waals surface area contributed by atoms with Crippen molar-refractivity contribution >= 4 is 17.2 Å². The van der Waals surface area contributed by atoms with Crippen LogP contribution in [0.1, 0.15) is 11.5 Å². The Bertz CT molecular complexity index is 1010. The molecule has 1 aromatic carbocycles. The predicted molar refractivity (Wildman–Crippen MR) is 87.1 cm³/mol. The number of halogens is 1. The summed E-state index contributed by atoms with van der Waals surface area (Å²) >= 11 is 6.25. The third-order valence-corrected chi connectivity index (χ3v) is 3.97. The maximum atomic E-state index is 6.25. The predicted octanol–water partition coefficient (Wildman–Crippen LogP) is 3.03. The van der Waals surface area contributed by atoms with Crippen molar-refractivity contribution < 1.29 is 9.26 Å². The minimum absolute atomic E-state index is 0.449. The van der Waals surface area contributed by atoms with Crippen molar-refractivity contribution in [2.75, 3.05) is 7.11 Å². The molecule has 3 heterocycles. The highest BCUT2D eigenvalue weighted by molar-refractivity contribution is 6.31. The fourth-order valence-corrected chi connectivity index (χ4v) is 2.60. The van der Waals surface area contributed by atoms with Crippen LogP contribution >= 0.6 is 11.6 Å². The molecule has 0 aliphatic rings. The SMILES string of the molecule is COc1ccc(Cc2nc(-c3ccc4nncn4c3)no2)c(Cl)c1. The number of ether oxygens (including phenoxy) is 1. The summed E-state index contributed by atoms with van der Waals surface area (Å²) in [5, 5.41) is 12.4. The van der Waals surface area contributed by atoms with Gasteiger partial charge in [-0.05, 0) is 29.8 Å². The minimum Gasteiger partial charge on any atom is -0.497 e. The molecule has 0 spiro atoms. The van der Waals surface area contributed by atoms with E-state index in [2.05, 4.69) is 20.3 Å². The molecule has 0 atom stereocenters. The molecule has 24 heavy (non-hydrogen) atoms. The summed E-state index contributed by atoms with van der Waals surface area (Å²) < 4.78 is 12.3. The molecule has 7 nitrogen and oxygen atoms in total. The molecular weight excluding hydrogens is 330 g/mol. The first kappa shape index (κ1) is 14.6. The van der Waals surface area contributed by atoms with E-state index < -0.39 is 0 Å². The van der Waals surface area contributed by atoms with Crippen molar-refractivity contribution in [1.29, 1.82) is 0 Å². The molecule has 8 heteroatoms. The number of methoxy groups -OCH3 is 1. The standard InChI is InChI=1S/C16H12ClN5O2/c1-23-12-4-2-10(13(17)7-12)6-15-19-16(21-24-15)11-3-5-14-20-18-9-22(14)8-11/h2-5,7-9H,6H2,1H3. The van der Waals surface area contributed by atoms with Crippen LogP contribution in [0.4, 0.5) is 0 Å². The second kappa shape index (κ2) is 5.93. The van der Waals surface area contributed by atoms with Gasteiger partial charge in [-0.15, -0.1) is 10.2 Å². The molecule has 4 aromatic rings. The van der Waals surface area contributed by atoms with Crippen LogP contribution in [0.5, 0.6) is 5.75 Å². The molecule has 0 amide bonds. The Balaban J connectivity index is 1.60. The van der Waals surface area contributed by atoms with Crippen LogP contribution in [0, 0.1) is 0 Å². The molecule has 0 saturated heterocycles. The van der Waals surface area contributed by atoms with Gasteiger partial charge in [-0.25, -0.2) is 0 Å². The Kier molecular flexibility index (Phi) is 3.62. The number of fused-ring (bicyclic) bond motifs is 1. The molecular formula is C16H12ClN5O2. The highest BCUT2D eigenvalue weighted by Crippen LogP contribution is 2.25. The molecule has 0 bridgehead atoms. The summed E-state index contributed by atoms with van der Waals surface area (Å²) in [5.41, 5.74) is 2.47. The van der Waals surface area contributed by atoms with Crippen molar-refractivity contribution in [1.82, 2.24) is 24.7 Å². The third kappa shape index (κ3) is 2.69. The van der Waals surface area contributed by atoms with Crippen LogP contribution < -0.4 is 4.74 Å². The van der Waals surface area contributed by atoms with Crippen LogP contribution in [0.3, 0.4) is 0 Å². The highest BCUT2D eigenvalue weighted by Gasteiger charge is 2.12. The van der Waals surface area contributed by atoms with Crippen molar-refractivity contribution in [2.45, 2.75) is 6.42 Å². The van der Waals surface area contributed by atoms with Crippen molar-refractivity contribution in [3.8, 4) is 17.1 Å². The zero-order valence-electron chi connectivity index (χ0n) is 12.7. The first-order valence-corrected chi connectivity index (χ1v) is 7.55. The Hall–Kier alpha value is -2.93. The largest absolute Gasteiger partial charge is 0.497 e. The lowest BCUT2D eigenvalue weighted by Gasteiger charge is -2.04. The van der Waals surface area contributed by atoms with Crippen molar-refractivity contribution in [2.24, 2.45) is 0 Å². The summed E-state index contributed by atoms with van der Waals surface area (Å²) in [6, 6.07) is 9.21. The number of nitrogens with zero attached hydrogens (tertiary/aromatic N) is 5. The zero-order valence-corrected chi connectivity index (χ0v) is 13.4. The van der Waals surface area contributed by atoms with Gasteiger partial charge in [0.2, 0.25) is 11.7 Å². The van der Waals surface area contributed by atoms with Gasteiger partial charge >= 0.3 is 0 Å². The van der Waals surface area contributed by atoms with Gasteiger partial charge in [0.25, 0.3) is 0 Å². The van der Waals surface area contributed by atoms with Crippen LogP contribution in [0.25, 0.3) is 17.0 Å². The summed E-state index contributed by atoms with van der Waals surface area (Å²) in [6.45, 7) is 0. The first-order chi connectivity index (χ1) is 11.7. The molecule has 0 aliphatic heterocycles. The lowest BCUT2D eigenvalue weighted by atomic mass is 10.1. The van der Waals surface area contributed by atoms with Crippen LogP contribution in [0.2, 0.25) is 5.02 Å². The molecule has 0 saturated carbocycles. The van der Waals surface area contributed by atoms with Gasteiger partial charge in [0.15, 0.2) is 5.65 Å². The molecule has 4 rings (SSSR count). The summed E-state index contributed by atoms with van der Waals surface area (Å²) in [4.78, 5) is 4.43. The Morgan fingerprint density at radius 1 is 1.25 bits per heavy atom. The van der Waals surface area contributed by atoms with E-state index in [9.17, 15) is 0 Å². The van der Waals surface area contributed by atoms with E-state index in [1.165, 1.54) is 0 Å². The van der Waals surface area contributed by atoms with Gasteiger partial charge in [-0.2, -0.15) is 4.98 Å². The molecule has 0 fully saturated rings. The molecule has 0 radical (unpaired) electrons. The van der Waals surface area contributed by atoms with E-state index in [0.717, 1.165) is 16.8 Å². The number of hydrogen-bond acceptors (Lipinski definition) is 6. The van der Waals surface area contributed by atoms with E-state index >= 15 is 0 Å². The van der Waals surface area contributed by atoms with E-state index in [-0.39, 0.29) is 0 Å². The molecule has 0 unspecified atom stereocenters. The maximum absolute atomic E-state index is 6.25. The fraction of sp³-hybridized carbons (Fsp3) is 0.125. The van der Waals surface area contributed by atoms with Gasteiger partial charge in [0, 0.05) is 16.8 Å². The molecule has 0 aliphatic carbocycles. The first-order valence-electron chi connectivity index (χ1n) is 7.18. The summed E-state index contributed by atoms with van der Waals surface area (Å²) in [7, 11) is 1.60. The van der Waals surface area contributed by atoms with Crippen LogP contribution in [0.15, 0.2) is 47.4 Å². The lowest BCUT2D eigenvalue weighted by Crippen LogP contribution is -1.92. The zero-order chi connectivity index (χ0) is 16.5. The molecule has 3 aromatic heterocycles. The number of hydrogen-bond donors (Lipinski definition) is 0. The Morgan fingerprint density at radius 2 is 2.17 bits per heavy atom. The highest BCUT2D eigenvalue weighted by atomic mass is 35.5. The normalized spacial score (nSPS) is 11.1. The third-order valence-electron chi connectivity index (χ3n) is 3.62. The number of pyridine rings is 1. The lowest BCUT2D eigenvalue weighted by molar-refractivity contribution is 0.385. The second-order valence-corrected chi connectivity index (χ2v) is 5.57. The number of benzene rings is 1. The van der Waals surface area contributed by atoms with E-state index in [0.29, 0.717) is 28.9 Å². The number of aromatic nitrogens is 5. The van der Waals surface area contributed by atoms with Gasteiger partial charge < -0.3 is 9.26 Å². The second-order valence-electron chi connectivity index (χ2n) is 5.16. The Labute approximate surface area is 141 Å². The van der Waals surface area contributed by atoms with Crippen molar-refractivity contribution in [3.05, 3.63) is 59.3 Å². The van der Waals surface area contributed by atoms with Gasteiger partial charge in [0.1, 0.15) is 12.1 Å². The maximum Gasteiger partial charge on any atom is 0.231 e. The smallest absolute Gasteiger partial charge is 0.231 e. The minimum atomic E-state index is 0.449. The molecule has 120 valence electrons. The van der Waals surface area contributed by atoms with Gasteiger partial charge in [-0.3, -0.25) is 4.40 Å². The Morgan fingerprint density at radius 3 is 3.00 bits per heavy atom. The van der Waals surface area contributed by atoms with E-state index in [1.54, 1.807) is 23.9 Å². The monoisotopic (exact) mass is 341 g/mol. The van der Waals surface area contributed by atoms with E-state index in [4.69, 9.17) is 20.9 Å². The van der Waals surface area contributed by atoms with Crippen LogP contribution in [-0.4, -0.2) is 31.8 Å². The average Bonchev–Trinajstić information content (AvgIpc) is 3.25. The quantitative estimate of drug-likeness (QED) is 0.567. The topological polar surface area (TPSA) is 78.3 Å². The molecule has 0 N–H and O–H groups in total.